The lowest BCUT2D eigenvalue weighted by atomic mass is 10.2. The number of likely N-dealkylation sites (N-methyl/N-ethyl adjacent to an activating group) is 1. The summed E-state index contributed by atoms with van der Waals surface area (Å²) in [5, 5.41) is 2.78. The Bertz CT molecular complexity index is 829. The van der Waals surface area contributed by atoms with Gasteiger partial charge in [0.15, 0.2) is 0 Å². The Hall–Kier alpha value is -2.82. The number of carbonyl (C=O) groups excluding carboxylic acids is 1. The lowest BCUT2D eigenvalue weighted by Gasteiger charge is -2.32. The number of carbonyl (C=O) groups is 1. The van der Waals surface area contributed by atoms with Crippen molar-refractivity contribution in [3.05, 3.63) is 47.8 Å². The fourth-order valence-corrected chi connectivity index (χ4v) is 2.93. The Labute approximate surface area is 166 Å². The van der Waals surface area contributed by atoms with Gasteiger partial charge in [0, 0.05) is 44.5 Å². The standard InChI is InChI=1S/C21H27N5O2/c1-18-17-26(20(27)22-10-6-9-19-7-4-3-5-8-19)21(23-18)28-16-15-25-13-11-24(2)12-14-25/h3-5,7-8,17H,10-16H2,1-2H3,(H,22,27). The smallest absolute Gasteiger partial charge is 0.330 e. The molecule has 0 unspecified atom stereocenters. The van der Waals surface area contributed by atoms with Crippen molar-refractivity contribution in [1.29, 1.82) is 0 Å². The average Bonchev–Trinajstić information content (AvgIpc) is 3.08. The molecule has 0 bridgehead atoms. The summed E-state index contributed by atoms with van der Waals surface area (Å²) in [7, 11) is 2.14. The zero-order valence-electron chi connectivity index (χ0n) is 16.5. The SMILES string of the molecule is Cc1cn(C(=O)NCC#Cc2ccccc2)c(OCCN2CCN(C)CC2)n1. The van der Waals surface area contributed by atoms with E-state index in [1.54, 1.807) is 6.20 Å². The summed E-state index contributed by atoms with van der Waals surface area (Å²) < 4.78 is 7.19. The van der Waals surface area contributed by atoms with E-state index in [1.165, 1.54) is 4.57 Å². The summed E-state index contributed by atoms with van der Waals surface area (Å²) in [5.74, 6) is 5.97. The third-order valence-corrected chi connectivity index (χ3v) is 4.58. The van der Waals surface area contributed by atoms with Gasteiger partial charge in [-0.25, -0.2) is 14.3 Å². The number of nitrogens with zero attached hydrogens (tertiary/aromatic N) is 4. The summed E-state index contributed by atoms with van der Waals surface area (Å²) in [6.45, 7) is 7.63. The number of benzene rings is 1. The van der Waals surface area contributed by atoms with Crippen LogP contribution in [0.25, 0.3) is 0 Å². The van der Waals surface area contributed by atoms with E-state index in [9.17, 15) is 4.79 Å². The van der Waals surface area contributed by atoms with Crippen LogP contribution >= 0.6 is 0 Å². The van der Waals surface area contributed by atoms with E-state index in [4.69, 9.17) is 4.74 Å². The Balaban J connectivity index is 1.48. The van der Waals surface area contributed by atoms with Gasteiger partial charge in [0.25, 0.3) is 0 Å². The number of imidazole rings is 1. The predicted molar refractivity (Wildman–Crippen MR) is 109 cm³/mol. The van der Waals surface area contributed by atoms with Crippen LogP contribution in [0.4, 0.5) is 4.79 Å². The zero-order valence-corrected chi connectivity index (χ0v) is 16.5. The molecule has 1 aromatic carbocycles. The zero-order chi connectivity index (χ0) is 19.8. The fourth-order valence-electron chi connectivity index (χ4n) is 2.93. The summed E-state index contributed by atoms with van der Waals surface area (Å²) in [4.78, 5) is 21.4. The van der Waals surface area contributed by atoms with Gasteiger partial charge in [0.1, 0.15) is 6.61 Å². The van der Waals surface area contributed by atoms with Gasteiger partial charge < -0.3 is 15.0 Å². The fraction of sp³-hybridized carbons (Fsp3) is 0.429. The van der Waals surface area contributed by atoms with Crippen LogP contribution < -0.4 is 10.1 Å². The summed E-state index contributed by atoms with van der Waals surface area (Å²) >= 11 is 0. The van der Waals surface area contributed by atoms with Crippen LogP contribution in [0.3, 0.4) is 0 Å². The van der Waals surface area contributed by atoms with Crippen molar-refractivity contribution in [3.8, 4) is 17.9 Å². The lowest BCUT2D eigenvalue weighted by Crippen LogP contribution is -2.45. The second kappa shape index (κ2) is 9.93. The van der Waals surface area contributed by atoms with Crippen molar-refractivity contribution in [2.75, 3.05) is 52.9 Å². The molecule has 1 fully saturated rings. The lowest BCUT2D eigenvalue weighted by molar-refractivity contribution is 0.130. The minimum atomic E-state index is -0.294. The van der Waals surface area contributed by atoms with E-state index in [1.807, 2.05) is 37.3 Å². The number of hydrogen-bond acceptors (Lipinski definition) is 5. The molecule has 0 radical (unpaired) electrons. The first-order chi connectivity index (χ1) is 13.6. The Morgan fingerprint density at radius 2 is 1.96 bits per heavy atom. The molecule has 28 heavy (non-hydrogen) atoms. The molecule has 0 atom stereocenters. The highest BCUT2D eigenvalue weighted by Crippen LogP contribution is 2.11. The molecular formula is C21H27N5O2. The number of amides is 1. The molecule has 1 aliphatic heterocycles. The summed E-state index contributed by atoms with van der Waals surface area (Å²) in [6, 6.07) is 9.70. The molecule has 7 heteroatoms. The first-order valence-electron chi connectivity index (χ1n) is 9.53. The van der Waals surface area contributed by atoms with Gasteiger partial charge >= 0.3 is 12.0 Å². The first-order valence-corrected chi connectivity index (χ1v) is 9.53. The number of rotatable bonds is 5. The molecule has 148 valence electrons. The van der Waals surface area contributed by atoms with E-state index in [0.29, 0.717) is 12.6 Å². The van der Waals surface area contributed by atoms with Crippen LogP contribution in [0.2, 0.25) is 0 Å². The van der Waals surface area contributed by atoms with Crippen LogP contribution in [0.5, 0.6) is 6.01 Å². The van der Waals surface area contributed by atoms with Crippen molar-refractivity contribution in [2.24, 2.45) is 0 Å². The molecule has 2 aromatic rings. The van der Waals surface area contributed by atoms with Crippen LogP contribution in [0.1, 0.15) is 11.3 Å². The molecular weight excluding hydrogens is 354 g/mol. The van der Waals surface area contributed by atoms with Gasteiger partial charge in [-0.2, -0.15) is 0 Å². The average molecular weight is 381 g/mol. The molecule has 3 rings (SSSR count). The predicted octanol–water partition coefficient (Wildman–Crippen LogP) is 1.43. The van der Waals surface area contributed by atoms with E-state index in [0.717, 1.165) is 44.0 Å². The molecule has 0 spiro atoms. The molecule has 0 aliphatic carbocycles. The van der Waals surface area contributed by atoms with Crippen molar-refractivity contribution in [2.45, 2.75) is 6.92 Å². The number of piperazine rings is 1. The van der Waals surface area contributed by atoms with Crippen LogP contribution in [0, 0.1) is 18.8 Å². The number of hydrogen-bond donors (Lipinski definition) is 1. The van der Waals surface area contributed by atoms with Gasteiger partial charge in [-0.3, -0.25) is 4.90 Å². The normalized spacial score (nSPS) is 14.9. The molecule has 1 aliphatic rings. The highest BCUT2D eigenvalue weighted by Gasteiger charge is 2.16. The van der Waals surface area contributed by atoms with Gasteiger partial charge in [0.2, 0.25) is 0 Å². The van der Waals surface area contributed by atoms with Crippen LogP contribution in [-0.2, 0) is 0 Å². The van der Waals surface area contributed by atoms with Crippen molar-refractivity contribution in [3.63, 3.8) is 0 Å². The van der Waals surface area contributed by atoms with Crippen molar-refractivity contribution < 1.29 is 9.53 Å². The van der Waals surface area contributed by atoms with Crippen molar-refractivity contribution >= 4 is 6.03 Å². The number of aromatic nitrogens is 2. The monoisotopic (exact) mass is 381 g/mol. The highest BCUT2D eigenvalue weighted by atomic mass is 16.5. The van der Waals surface area contributed by atoms with Gasteiger partial charge in [-0.05, 0) is 26.1 Å². The Morgan fingerprint density at radius 3 is 2.71 bits per heavy atom. The summed E-state index contributed by atoms with van der Waals surface area (Å²) in [6.07, 6.45) is 1.67. The second-order valence-corrected chi connectivity index (χ2v) is 6.85. The van der Waals surface area contributed by atoms with Crippen LogP contribution in [0.15, 0.2) is 36.5 Å². The maximum Gasteiger partial charge on any atom is 0.330 e. The maximum atomic E-state index is 12.4. The largest absolute Gasteiger partial charge is 0.463 e. The first kappa shape index (κ1) is 19.9. The van der Waals surface area contributed by atoms with E-state index < -0.39 is 0 Å². The van der Waals surface area contributed by atoms with Crippen LogP contribution in [-0.4, -0.2) is 78.3 Å². The Morgan fingerprint density at radius 1 is 1.21 bits per heavy atom. The molecule has 1 aromatic heterocycles. The molecule has 1 amide bonds. The summed E-state index contributed by atoms with van der Waals surface area (Å²) in [5.41, 5.74) is 1.66. The maximum absolute atomic E-state index is 12.4. The Kier molecular flexibility index (Phi) is 7.06. The van der Waals surface area contributed by atoms with E-state index in [2.05, 4.69) is 39.0 Å². The topological polar surface area (TPSA) is 62.6 Å². The number of ether oxygens (including phenoxy) is 1. The minimum absolute atomic E-state index is 0.256. The number of aryl methyl sites for hydroxylation is 1. The van der Waals surface area contributed by atoms with Gasteiger partial charge in [-0.1, -0.05) is 30.0 Å². The molecule has 1 N–H and O–H groups in total. The molecule has 2 heterocycles. The third-order valence-electron chi connectivity index (χ3n) is 4.58. The van der Waals surface area contributed by atoms with Crippen molar-refractivity contribution in [1.82, 2.24) is 24.7 Å². The van der Waals surface area contributed by atoms with Gasteiger partial charge in [-0.15, -0.1) is 0 Å². The molecule has 7 nitrogen and oxygen atoms in total. The molecule has 1 saturated heterocycles. The third kappa shape index (κ3) is 5.84. The molecule has 0 saturated carbocycles. The van der Waals surface area contributed by atoms with E-state index >= 15 is 0 Å². The highest BCUT2D eigenvalue weighted by molar-refractivity contribution is 5.78. The second-order valence-electron chi connectivity index (χ2n) is 6.85. The number of nitrogens with one attached hydrogen (secondary N) is 1. The van der Waals surface area contributed by atoms with Gasteiger partial charge in [0.05, 0.1) is 12.2 Å². The quantitative estimate of drug-likeness (QED) is 0.794. The minimum Gasteiger partial charge on any atom is -0.463 e. The van der Waals surface area contributed by atoms with E-state index in [-0.39, 0.29) is 12.6 Å².